The molecule has 0 aliphatic carbocycles. The Labute approximate surface area is 143 Å². The Balaban J connectivity index is 2.14. The Bertz CT molecular complexity index is 622. The van der Waals surface area contributed by atoms with Crippen LogP contribution < -0.4 is 0 Å². The number of rotatable bonds is 5. The summed E-state index contributed by atoms with van der Waals surface area (Å²) in [6.07, 6.45) is 0. The number of carbonyl (C=O) groups is 2. The molecule has 0 spiro atoms. The van der Waals surface area contributed by atoms with E-state index >= 15 is 0 Å². The highest BCUT2D eigenvalue weighted by Crippen LogP contribution is 2.28. The van der Waals surface area contributed by atoms with Crippen molar-refractivity contribution in [3.05, 3.63) is 29.6 Å². The number of carboxylic acid groups (broad SMARTS) is 1. The maximum absolute atomic E-state index is 12.7. The van der Waals surface area contributed by atoms with E-state index in [0.29, 0.717) is 25.6 Å². The molecule has 0 saturated carbocycles. The Morgan fingerprint density at radius 3 is 2.50 bits per heavy atom. The molecule has 6 heteroatoms. The summed E-state index contributed by atoms with van der Waals surface area (Å²) in [6.45, 7) is 11.0. The summed E-state index contributed by atoms with van der Waals surface area (Å²) in [7, 11) is 0. The standard InChI is InChI=1S/C18H27N3O3/c1-12(2)14-8-6-7-13(19-14)11-20-9-10-21(17(20)24)15(16(22)23)18(3,4)5/h6-8,12,15H,9-11H2,1-5H3,(H,22,23). The molecule has 2 heterocycles. The smallest absolute Gasteiger partial charge is 0.327 e. The van der Waals surface area contributed by atoms with E-state index in [0.717, 1.165) is 11.4 Å². The predicted molar refractivity (Wildman–Crippen MR) is 91.7 cm³/mol. The van der Waals surface area contributed by atoms with Crippen LogP contribution in [0.25, 0.3) is 0 Å². The van der Waals surface area contributed by atoms with E-state index in [1.54, 1.807) is 4.90 Å². The maximum Gasteiger partial charge on any atom is 0.327 e. The molecule has 1 unspecified atom stereocenters. The van der Waals surface area contributed by atoms with Gasteiger partial charge in [-0.25, -0.2) is 9.59 Å². The van der Waals surface area contributed by atoms with Crippen molar-refractivity contribution >= 4 is 12.0 Å². The molecule has 2 amide bonds. The zero-order valence-electron chi connectivity index (χ0n) is 15.1. The van der Waals surface area contributed by atoms with Crippen molar-refractivity contribution in [3.63, 3.8) is 0 Å². The maximum atomic E-state index is 12.7. The third-order valence-corrected chi connectivity index (χ3v) is 4.27. The summed E-state index contributed by atoms with van der Waals surface area (Å²) < 4.78 is 0. The van der Waals surface area contributed by atoms with Gasteiger partial charge in [-0.15, -0.1) is 0 Å². The van der Waals surface area contributed by atoms with Crippen LogP contribution in [-0.4, -0.2) is 51.0 Å². The second-order valence-electron chi connectivity index (χ2n) is 7.71. The topological polar surface area (TPSA) is 73.7 Å². The minimum Gasteiger partial charge on any atom is -0.480 e. The molecule has 1 N–H and O–H groups in total. The van der Waals surface area contributed by atoms with Gasteiger partial charge in [-0.05, 0) is 23.5 Å². The molecule has 1 saturated heterocycles. The molecule has 24 heavy (non-hydrogen) atoms. The fourth-order valence-corrected chi connectivity index (χ4v) is 3.06. The first-order chi connectivity index (χ1) is 11.1. The van der Waals surface area contributed by atoms with Gasteiger partial charge in [0.25, 0.3) is 0 Å². The number of carboxylic acids is 1. The first-order valence-electron chi connectivity index (χ1n) is 8.35. The van der Waals surface area contributed by atoms with E-state index in [-0.39, 0.29) is 6.03 Å². The van der Waals surface area contributed by atoms with Crippen molar-refractivity contribution in [2.24, 2.45) is 5.41 Å². The molecule has 1 fully saturated rings. The molecule has 0 bridgehead atoms. The van der Waals surface area contributed by atoms with Crippen molar-refractivity contribution in [1.29, 1.82) is 0 Å². The van der Waals surface area contributed by atoms with Crippen molar-refractivity contribution in [3.8, 4) is 0 Å². The Kier molecular flexibility index (Phi) is 5.16. The molecule has 2 rings (SSSR count). The minimum absolute atomic E-state index is 0.228. The Morgan fingerprint density at radius 2 is 1.96 bits per heavy atom. The molecule has 1 aromatic rings. The van der Waals surface area contributed by atoms with Gasteiger partial charge in [-0.2, -0.15) is 0 Å². The van der Waals surface area contributed by atoms with Gasteiger partial charge in [0, 0.05) is 18.8 Å². The van der Waals surface area contributed by atoms with Crippen molar-refractivity contribution in [2.75, 3.05) is 13.1 Å². The normalized spacial score (nSPS) is 16.8. The average Bonchev–Trinajstić information content (AvgIpc) is 2.79. The molecular weight excluding hydrogens is 306 g/mol. The van der Waals surface area contributed by atoms with Crippen LogP contribution in [0.1, 0.15) is 51.9 Å². The number of hydrogen-bond acceptors (Lipinski definition) is 3. The van der Waals surface area contributed by atoms with E-state index in [1.807, 2.05) is 39.0 Å². The highest BCUT2D eigenvalue weighted by Gasteiger charge is 2.43. The molecule has 1 atom stereocenters. The molecule has 6 nitrogen and oxygen atoms in total. The van der Waals surface area contributed by atoms with Gasteiger partial charge < -0.3 is 14.9 Å². The van der Waals surface area contributed by atoms with Gasteiger partial charge in [0.2, 0.25) is 0 Å². The second-order valence-corrected chi connectivity index (χ2v) is 7.71. The number of pyridine rings is 1. The number of hydrogen-bond donors (Lipinski definition) is 1. The van der Waals surface area contributed by atoms with Gasteiger partial charge >= 0.3 is 12.0 Å². The second kappa shape index (κ2) is 6.79. The largest absolute Gasteiger partial charge is 0.480 e. The minimum atomic E-state index is -0.961. The lowest BCUT2D eigenvalue weighted by Crippen LogP contribution is -2.51. The van der Waals surface area contributed by atoms with Crippen LogP contribution in [0.2, 0.25) is 0 Å². The van der Waals surface area contributed by atoms with Crippen LogP contribution in [0.3, 0.4) is 0 Å². The van der Waals surface area contributed by atoms with Crippen LogP contribution in [0, 0.1) is 5.41 Å². The third kappa shape index (κ3) is 3.86. The number of nitrogens with zero attached hydrogens (tertiary/aromatic N) is 3. The van der Waals surface area contributed by atoms with Gasteiger partial charge in [-0.1, -0.05) is 40.7 Å². The summed E-state index contributed by atoms with van der Waals surface area (Å²) in [5, 5.41) is 9.54. The van der Waals surface area contributed by atoms with Crippen molar-refractivity contribution in [2.45, 2.75) is 53.1 Å². The number of carbonyl (C=O) groups excluding carboxylic acids is 1. The molecule has 1 aliphatic heterocycles. The lowest BCUT2D eigenvalue weighted by atomic mass is 9.86. The summed E-state index contributed by atoms with van der Waals surface area (Å²) in [5.41, 5.74) is 1.31. The lowest BCUT2D eigenvalue weighted by Gasteiger charge is -2.34. The van der Waals surface area contributed by atoms with E-state index in [2.05, 4.69) is 18.8 Å². The van der Waals surface area contributed by atoms with Crippen LogP contribution in [0.4, 0.5) is 4.79 Å². The first-order valence-corrected chi connectivity index (χ1v) is 8.35. The van der Waals surface area contributed by atoms with Crippen molar-refractivity contribution in [1.82, 2.24) is 14.8 Å². The molecule has 132 valence electrons. The van der Waals surface area contributed by atoms with Gasteiger partial charge in [0.15, 0.2) is 0 Å². The average molecular weight is 333 g/mol. The Morgan fingerprint density at radius 1 is 1.29 bits per heavy atom. The summed E-state index contributed by atoms with van der Waals surface area (Å²) in [6, 6.07) is 4.77. The highest BCUT2D eigenvalue weighted by molar-refractivity contribution is 5.84. The number of urea groups is 1. The molecule has 1 aliphatic rings. The Hall–Kier alpha value is -2.11. The van der Waals surface area contributed by atoms with Gasteiger partial charge in [0.05, 0.1) is 12.2 Å². The van der Waals surface area contributed by atoms with Crippen LogP contribution in [0.15, 0.2) is 18.2 Å². The SMILES string of the molecule is CC(C)c1cccc(CN2CCN(C(C(=O)O)C(C)(C)C)C2=O)n1. The highest BCUT2D eigenvalue weighted by atomic mass is 16.4. The van der Waals surface area contributed by atoms with Gasteiger partial charge in [-0.3, -0.25) is 4.98 Å². The third-order valence-electron chi connectivity index (χ3n) is 4.27. The molecular formula is C18H27N3O3. The van der Waals surface area contributed by atoms with E-state index in [4.69, 9.17) is 0 Å². The van der Waals surface area contributed by atoms with E-state index in [1.165, 1.54) is 4.90 Å². The lowest BCUT2D eigenvalue weighted by molar-refractivity contribution is -0.145. The number of aromatic nitrogens is 1. The number of aliphatic carboxylic acids is 1. The summed E-state index contributed by atoms with van der Waals surface area (Å²) in [4.78, 5) is 32.1. The quantitative estimate of drug-likeness (QED) is 0.899. The van der Waals surface area contributed by atoms with E-state index in [9.17, 15) is 14.7 Å². The first kappa shape index (κ1) is 18.2. The summed E-state index contributed by atoms with van der Waals surface area (Å²) >= 11 is 0. The van der Waals surface area contributed by atoms with E-state index < -0.39 is 17.4 Å². The molecule has 1 aromatic heterocycles. The van der Waals surface area contributed by atoms with Crippen LogP contribution >= 0.6 is 0 Å². The fourth-order valence-electron chi connectivity index (χ4n) is 3.06. The summed E-state index contributed by atoms with van der Waals surface area (Å²) in [5.74, 6) is -0.634. The zero-order chi connectivity index (χ0) is 18.1. The number of amides is 2. The predicted octanol–water partition coefficient (Wildman–Crippen LogP) is 2.94. The zero-order valence-corrected chi connectivity index (χ0v) is 15.1. The van der Waals surface area contributed by atoms with Gasteiger partial charge in [0.1, 0.15) is 6.04 Å². The fraction of sp³-hybridized carbons (Fsp3) is 0.611. The molecule has 0 aromatic carbocycles. The van der Waals surface area contributed by atoms with Crippen LogP contribution in [0.5, 0.6) is 0 Å². The monoisotopic (exact) mass is 333 g/mol. The van der Waals surface area contributed by atoms with Crippen LogP contribution in [-0.2, 0) is 11.3 Å². The molecule has 0 radical (unpaired) electrons. The van der Waals surface area contributed by atoms with Crippen molar-refractivity contribution < 1.29 is 14.7 Å².